The molecular formula is C11H19NO8. The first-order valence-corrected chi connectivity index (χ1v) is 6.05. The average molecular weight is 293 g/mol. The van der Waals surface area contributed by atoms with E-state index in [0.29, 0.717) is 0 Å². The maximum absolute atomic E-state index is 11.1. The van der Waals surface area contributed by atoms with Gasteiger partial charge in [-0.25, -0.2) is 4.79 Å². The number of carboxylic acids is 1. The van der Waals surface area contributed by atoms with Gasteiger partial charge in [0, 0.05) is 6.92 Å². The van der Waals surface area contributed by atoms with Crippen LogP contribution in [0.15, 0.2) is 0 Å². The van der Waals surface area contributed by atoms with Crippen LogP contribution in [-0.2, 0) is 19.1 Å². The van der Waals surface area contributed by atoms with Crippen molar-refractivity contribution in [2.75, 3.05) is 6.61 Å². The number of carboxylic acid groups (broad SMARTS) is 1. The third-order valence-corrected chi connectivity index (χ3v) is 2.95. The molecule has 0 radical (unpaired) electrons. The molecule has 0 spiro atoms. The van der Waals surface area contributed by atoms with Gasteiger partial charge < -0.3 is 35.2 Å². The predicted octanol–water partition coefficient (Wildman–Crippen LogP) is -2.58. The second-order valence-electron chi connectivity index (χ2n) is 4.55. The van der Waals surface area contributed by atoms with E-state index in [1.54, 1.807) is 0 Å². The molecule has 6 atom stereocenters. The van der Waals surface area contributed by atoms with Crippen molar-refractivity contribution < 1.29 is 39.5 Å². The topological polar surface area (TPSA) is 146 Å². The van der Waals surface area contributed by atoms with Crippen molar-refractivity contribution in [2.24, 2.45) is 0 Å². The Morgan fingerprint density at radius 2 is 2.00 bits per heavy atom. The minimum Gasteiger partial charge on any atom is -0.479 e. The summed E-state index contributed by atoms with van der Waals surface area (Å²) in [5.41, 5.74) is 0. The van der Waals surface area contributed by atoms with Crippen LogP contribution in [0, 0.1) is 0 Å². The number of nitrogens with one attached hydrogen (secondary N) is 1. The summed E-state index contributed by atoms with van der Waals surface area (Å²) >= 11 is 0. The van der Waals surface area contributed by atoms with Gasteiger partial charge in [0.25, 0.3) is 0 Å². The van der Waals surface area contributed by atoms with Gasteiger partial charge in [-0.2, -0.15) is 0 Å². The Hall–Kier alpha value is -1.26. The fourth-order valence-electron chi connectivity index (χ4n) is 1.93. The summed E-state index contributed by atoms with van der Waals surface area (Å²) in [4.78, 5) is 21.9. The maximum atomic E-state index is 11.1. The summed E-state index contributed by atoms with van der Waals surface area (Å²) in [6, 6.07) is -1.15. The number of hydrogen-bond acceptors (Lipinski definition) is 7. The van der Waals surface area contributed by atoms with Crippen LogP contribution < -0.4 is 5.32 Å². The molecule has 1 aliphatic rings. The van der Waals surface area contributed by atoms with Crippen LogP contribution in [0.3, 0.4) is 0 Å². The van der Waals surface area contributed by atoms with Crippen molar-refractivity contribution in [1.82, 2.24) is 5.32 Å². The van der Waals surface area contributed by atoms with Crippen molar-refractivity contribution in [3.63, 3.8) is 0 Å². The number of carbonyl (C=O) groups excluding carboxylic acids is 1. The Kier molecular flexibility index (Phi) is 5.84. The Morgan fingerprint density at radius 3 is 2.45 bits per heavy atom. The molecule has 0 bridgehead atoms. The molecule has 1 amide bonds. The molecule has 1 saturated heterocycles. The van der Waals surface area contributed by atoms with E-state index in [9.17, 15) is 19.8 Å². The molecule has 0 aromatic heterocycles. The number of amides is 1. The third kappa shape index (κ3) is 3.87. The molecular weight excluding hydrogens is 274 g/mol. The highest BCUT2D eigenvalue weighted by Crippen LogP contribution is 2.23. The highest BCUT2D eigenvalue weighted by Gasteiger charge is 2.46. The highest BCUT2D eigenvalue weighted by atomic mass is 16.6. The standard InChI is InChI=1S/C11H19NO8/c1-4(10(16)17)19-9-7(12-5(2)14)11(18)20-6(3-13)8(9)15/h4,6-9,11,13,15,18H,3H2,1-2H3,(H,12,14)(H,16,17)/t4-,6-,7-,8+,9-,11+/m1/s1. The van der Waals surface area contributed by atoms with Crippen molar-refractivity contribution in [3.05, 3.63) is 0 Å². The summed E-state index contributed by atoms with van der Waals surface area (Å²) in [6.45, 7) is 1.84. The van der Waals surface area contributed by atoms with Gasteiger partial charge in [-0.3, -0.25) is 4.79 Å². The van der Waals surface area contributed by atoms with E-state index < -0.39 is 55.2 Å². The molecule has 1 rings (SSSR count). The highest BCUT2D eigenvalue weighted by molar-refractivity contribution is 5.73. The number of rotatable bonds is 5. The second-order valence-corrected chi connectivity index (χ2v) is 4.55. The van der Waals surface area contributed by atoms with Crippen LogP contribution in [0.2, 0.25) is 0 Å². The predicted molar refractivity (Wildman–Crippen MR) is 63.5 cm³/mol. The zero-order chi connectivity index (χ0) is 15.4. The van der Waals surface area contributed by atoms with Gasteiger partial charge in [-0.15, -0.1) is 0 Å². The van der Waals surface area contributed by atoms with E-state index in [-0.39, 0.29) is 0 Å². The average Bonchev–Trinajstić information content (AvgIpc) is 2.36. The molecule has 0 aromatic carbocycles. The zero-order valence-corrected chi connectivity index (χ0v) is 11.1. The number of hydrogen-bond donors (Lipinski definition) is 5. The molecule has 9 heteroatoms. The quantitative estimate of drug-likeness (QED) is 0.371. The van der Waals surface area contributed by atoms with Gasteiger partial charge in [0.1, 0.15) is 24.4 Å². The van der Waals surface area contributed by atoms with Crippen LogP contribution in [0.25, 0.3) is 0 Å². The number of carbonyl (C=O) groups is 2. The zero-order valence-electron chi connectivity index (χ0n) is 11.1. The number of aliphatic hydroxyl groups excluding tert-OH is 3. The van der Waals surface area contributed by atoms with E-state index in [4.69, 9.17) is 19.7 Å². The lowest BCUT2D eigenvalue weighted by molar-refractivity contribution is -0.267. The van der Waals surface area contributed by atoms with Crippen LogP contribution in [0.5, 0.6) is 0 Å². The molecule has 0 unspecified atom stereocenters. The first kappa shape index (κ1) is 16.8. The molecule has 1 fully saturated rings. The molecule has 0 aliphatic carbocycles. The van der Waals surface area contributed by atoms with Crippen molar-refractivity contribution in [3.8, 4) is 0 Å². The van der Waals surface area contributed by atoms with Gasteiger partial charge in [0.15, 0.2) is 12.4 Å². The van der Waals surface area contributed by atoms with Gasteiger partial charge in [-0.1, -0.05) is 0 Å². The lowest BCUT2D eigenvalue weighted by atomic mass is 9.96. The number of aliphatic carboxylic acids is 1. The SMILES string of the molecule is CC(=O)N[C@@H]1[C@@H](O[C@H](C)C(=O)O)[C@@H](O)[C@@H](CO)O[C@@H]1O. The normalized spacial score (nSPS) is 35.4. The Balaban J connectivity index is 2.92. The van der Waals surface area contributed by atoms with Crippen LogP contribution >= 0.6 is 0 Å². The van der Waals surface area contributed by atoms with Crippen LogP contribution in [0.1, 0.15) is 13.8 Å². The molecule has 20 heavy (non-hydrogen) atoms. The summed E-state index contributed by atoms with van der Waals surface area (Å²) < 4.78 is 10.1. The monoisotopic (exact) mass is 293 g/mol. The summed E-state index contributed by atoms with van der Waals surface area (Å²) in [5, 5.41) is 40.0. The largest absolute Gasteiger partial charge is 0.479 e. The van der Waals surface area contributed by atoms with E-state index in [1.165, 1.54) is 13.8 Å². The summed E-state index contributed by atoms with van der Waals surface area (Å²) in [7, 11) is 0. The van der Waals surface area contributed by atoms with E-state index in [0.717, 1.165) is 0 Å². The van der Waals surface area contributed by atoms with Gasteiger partial charge in [0.05, 0.1) is 6.61 Å². The summed E-state index contributed by atoms with van der Waals surface area (Å²) in [6.07, 6.45) is -6.57. The molecule has 9 nitrogen and oxygen atoms in total. The Morgan fingerprint density at radius 1 is 1.40 bits per heavy atom. The molecule has 0 aromatic rings. The van der Waals surface area contributed by atoms with Crippen molar-refractivity contribution >= 4 is 11.9 Å². The van der Waals surface area contributed by atoms with Crippen molar-refractivity contribution in [1.29, 1.82) is 0 Å². The lowest BCUT2D eigenvalue weighted by Crippen LogP contribution is -2.65. The lowest BCUT2D eigenvalue weighted by Gasteiger charge is -2.42. The smallest absolute Gasteiger partial charge is 0.332 e. The number of aliphatic hydroxyl groups is 3. The molecule has 116 valence electrons. The van der Waals surface area contributed by atoms with Gasteiger partial charge in [-0.05, 0) is 6.92 Å². The first-order valence-electron chi connectivity index (χ1n) is 6.05. The Bertz CT molecular complexity index is 362. The van der Waals surface area contributed by atoms with E-state index in [1.807, 2.05) is 0 Å². The summed E-state index contributed by atoms with van der Waals surface area (Å²) in [5.74, 6) is -1.77. The van der Waals surface area contributed by atoms with Crippen LogP contribution in [0.4, 0.5) is 0 Å². The third-order valence-electron chi connectivity index (χ3n) is 2.95. The van der Waals surface area contributed by atoms with Gasteiger partial charge in [0.2, 0.25) is 5.91 Å². The minimum atomic E-state index is -1.54. The molecule has 0 saturated carbocycles. The molecule has 5 N–H and O–H groups in total. The van der Waals surface area contributed by atoms with E-state index >= 15 is 0 Å². The van der Waals surface area contributed by atoms with E-state index in [2.05, 4.69) is 5.32 Å². The second kappa shape index (κ2) is 6.95. The molecule has 1 aliphatic heterocycles. The molecule has 1 heterocycles. The minimum absolute atomic E-state index is 0.510. The van der Waals surface area contributed by atoms with Crippen LogP contribution in [-0.4, -0.2) is 75.7 Å². The fourth-order valence-corrected chi connectivity index (χ4v) is 1.93. The fraction of sp³-hybridized carbons (Fsp3) is 0.818. The van der Waals surface area contributed by atoms with Gasteiger partial charge >= 0.3 is 5.97 Å². The van der Waals surface area contributed by atoms with Crippen molar-refractivity contribution in [2.45, 2.75) is 50.6 Å². The first-order chi connectivity index (χ1) is 9.27. The maximum Gasteiger partial charge on any atom is 0.332 e. The number of ether oxygens (including phenoxy) is 2. The Labute approximate surface area is 115 Å².